The number of nitrogens with zero attached hydrogens (tertiary/aromatic N) is 3. The van der Waals surface area contributed by atoms with Crippen molar-refractivity contribution in [3.8, 4) is 0 Å². The molecule has 1 aliphatic rings. The normalized spacial score (nSPS) is 16.8. The maximum absolute atomic E-state index is 11.5. The number of pyridine rings is 1. The summed E-state index contributed by atoms with van der Waals surface area (Å²) in [6.45, 7) is 7.48. The van der Waals surface area contributed by atoms with Crippen molar-refractivity contribution in [2.24, 2.45) is 0 Å². The van der Waals surface area contributed by atoms with Crippen molar-refractivity contribution >= 4 is 17.6 Å². The van der Waals surface area contributed by atoms with Gasteiger partial charge in [0.15, 0.2) is 0 Å². The molecule has 0 spiro atoms. The molecule has 0 saturated carbocycles. The van der Waals surface area contributed by atoms with Gasteiger partial charge < -0.3 is 20.6 Å². The monoisotopic (exact) mass is 292 g/mol. The van der Waals surface area contributed by atoms with Crippen molar-refractivity contribution < 1.29 is 9.90 Å². The molecule has 116 valence electrons. The lowest BCUT2D eigenvalue weighted by Crippen LogP contribution is -2.54. The number of rotatable bonds is 2. The van der Waals surface area contributed by atoms with Gasteiger partial charge in [-0.15, -0.1) is 0 Å². The highest BCUT2D eigenvalue weighted by Gasteiger charge is 2.35. The van der Waals surface area contributed by atoms with Crippen LogP contribution in [0.4, 0.5) is 16.3 Å². The molecule has 1 aromatic heterocycles. The van der Waals surface area contributed by atoms with E-state index in [1.807, 2.05) is 26.8 Å². The number of amides is 1. The van der Waals surface area contributed by atoms with Crippen LogP contribution in [0.25, 0.3) is 0 Å². The van der Waals surface area contributed by atoms with E-state index in [2.05, 4.69) is 9.88 Å². The number of hydrogen-bond donors (Lipinski definition) is 2. The van der Waals surface area contributed by atoms with Gasteiger partial charge in [0, 0.05) is 24.7 Å². The number of aromatic nitrogens is 1. The Morgan fingerprint density at radius 3 is 2.43 bits per heavy atom. The molecule has 0 radical (unpaired) electrons. The first-order valence-electron chi connectivity index (χ1n) is 7.28. The van der Waals surface area contributed by atoms with Crippen LogP contribution in [0, 0.1) is 0 Å². The van der Waals surface area contributed by atoms with E-state index in [4.69, 9.17) is 5.73 Å². The second-order valence-corrected chi connectivity index (χ2v) is 6.48. The molecule has 1 saturated heterocycles. The second-order valence-electron chi connectivity index (χ2n) is 6.48. The number of piperidine rings is 1. The van der Waals surface area contributed by atoms with Crippen molar-refractivity contribution in [3.05, 3.63) is 18.3 Å². The standard InChI is InChI=1S/C15H24N4O2/c1-15(2,3)19(14(20)21)11-6-8-18(9-7-11)12-4-5-13(16)17-10-12/h4-5,10-11H,6-9H2,1-3H3,(H2,16,17)(H,20,21). The minimum absolute atomic E-state index is 0.0699. The molecule has 1 aliphatic heterocycles. The molecule has 3 N–H and O–H groups in total. The van der Waals surface area contributed by atoms with Crippen molar-refractivity contribution in [2.75, 3.05) is 23.7 Å². The highest BCUT2D eigenvalue weighted by Crippen LogP contribution is 2.27. The van der Waals surface area contributed by atoms with Gasteiger partial charge in [-0.3, -0.25) is 0 Å². The molecule has 0 atom stereocenters. The predicted molar refractivity (Wildman–Crippen MR) is 83.5 cm³/mol. The quantitative estimate of drug-likeness (QED) is 0.874. The third kappa shape index (κ3) is 3.56. The molecule has 0 bridgehead atoms. The summed E-state index contributed by atoms with van der Waals surface area (Å²) in [5.74, 6) is 0.512. The lowest BCUT2D eigenvalue weighted by Gasteiger charge is -2.44. The van der Waals surface area contributed by atoms with Crippen LogP contribution in [0.2, 0.25) is 0 Å². The van der Waals surface area contributed by atoms with E-state index < -0.39 is 6.09 Å². The lowest BCUT2D eigenvalue weighted by molar-refractivity contribution is 0.0616. The molecule has 2 heterocycles. The van der Waals surface area contributed by atoms with Gasteiger partial charge in [0.2, 0.25) is 0 Å². The summed E-state index contributed by atoms with van der Waals surface area (Å²) in [6, 6.07) is 3.82. The summed E-state index contributed by atoms with van der Waals surface area (Å²) >= 11 is 0. The summed E-state index contributed by atoms with van der Waals surface area (Å²) < 4.78 is 0. The van der Waals surface area contributed by atoms with Crippen LogP contribution in [0.15, 0.2) is 18.3 Å². The molecule has 6 nitrogen and oxygen atoms in total. The zero-order valence-corrected chi connectivity index (χ0v) is 12.9. The van der Waals surface area contributed by atoms with Crippen molar-refractivity contribution in [1.82, 2.24) is 9.88 Å². The minimum Gasteiger partial charge on any atom is -0.465 e. The number of nitrogens with two attached hydrogens (primary N) is 1. The molecule has 2 rings (SSSR count). The first kappa shape index (κ1) is 15.4. The molecule has 0 aliphatic carbocycles. The average molecular weight is 292 g/mol. The number of anilines is 2. The second kappa shape index (κ2) is 5.79. The molecule has 0 aromatic carbocycles. The Labute approximate surface area is 125 Å². The van der Waals surface area contributed by atoms with Crippen LogP contribution in [-0.2, 0) is 0 Å². The average Bonchev–Trinajstić information content (AvgIpc) is 2.38. The zero-order chi connectivity index (χ0) is 15.6. The Morgan fingerprint density at radius 2 is 2.00 bits per heavy atom. The van der Waals surface area contributed by atoms with E-state index in [0.29, 0.717) is 5.82 Å². The molecule has 6 heteroatoms. The summed E-state index contributed by atoms with van der Waals surface area (Å²) in [6.07, 6.45) is 2.59. The molecule has 1 amide bonds. The van der Waals surface area contributed by atoms with Crippen LogP contribution in [0.1, 0.15) is 33.6 Å². The number of carbonyl (C=O) groups is 1. The van der Waals surface area contributed by atoms with Gasteiger partial charge in [0.1, 0.15) is 5.82 Å². The fourth-order valence-electron chi connectivity index (χ4n) is 2.96. The number of carboxylic acid groups (broad SMARTS) is 1. The maximum atomic E-state index is 11.5. The van der Waals surface area contributed by atoms with E-state index in [-0.39, 0.29) is 11.6 Å². The summed E-state index contributed by atoms with van der Waals surface area (Å²) in [5.41, 5.74) is 6.27. The van der Waals surface area contributed by atoms with Crippen LogP contribution >= 0.6 is 0 Å². The van der Waals surface area contributed by atoms with Gasteiger partial charge in [-0.25, -0.2) is 9.78 Å². The Hall–Kier alpha value is -1.98. The lowest BCUT2D eigenvalue weighted by atomic mass is 9.96. The fourth-order valence-corrected chi connectivity index (χ4v) is 2.96. The first-order valence-corrected chi connectivity index (χ1v) is 7.28. The fraction of sp³-hybridized carbons (Fsp3) is 0.600. The Bertz CT molecular complexity index is 487. The molecular weight excluding hydrogens is 268 g/mol. The molecule has 0 unspecified atom stereocenters. The zero-order valence-electron chi connectivity index (χ0n) is 12.9. The molecule has 21 heavy (non-hydrogen) atoms. The Balaban J connectivity index is 2.02. The maximum Gasteiger partial charge on any atom is 0.407 e. The van der Waals surface area contributed by atoms with Crippen LogP contribution in [0.5, 0.6) is 0 Å². The van der Waals surface area contributed by atoms with Crippen LogP contribution in [-0.4, -0.2) is 45.8 Å². The van der Waals surface area contributed by atoms with E-state index in [0.717, 1.165) is 31.6 Å². The Morgan fingerprint density at radius 1 is 1.38 bits per heavy atom. The summed E-state index contributed by atoms with van der Waals surface area (Å²) in [4.78, 5) is 19.4. The first-order chi connectivity index (χ1) is 9.79. The van der Waals surface area contributed by atoms with Gasteiger partial charge in [-0.2, -0.15) is 0 Å². The van der Waals surface area contributed by atoms with Gasteiger partial charge in [-0.1, -0.05) is 0 Å². The van der Waals surface area contributed by atoms with Crippen molar-refractivity contribution in [3.63, 3.8) is 0 Å². The summed E-state index contributed by atoms with van der Waals surface area (Å²) in [7, 11) is 0. The third-order valence-corrected chi connectivity index (χ3v) is 3.89. The molecular formula is C15H24N4O2. The summed E-state index contributed by atoms with van der Waals surface area (Å²) in [5, 5.41) is 9.46. The van der Waals surface area contributed by atoms with Crippen LogP contribution < -0.4 is 10.6 Å². The van der Waals surface area contributed by atoms with Gasteiger partial charge in [0.05, 0.1) is 11.9 Å². The molecule has 1 fully saturated rings. The highest BCUT2D eigenvalue weighted by molar-refractivity contribution is 5.66. The topological polar surface area (TPSA) is 82.7 Å². The van der Waals surface area contributed by atoms with E-state index in [1.54, 1.807) is 17.2 Å². The van der Waals surface area contributed by atoms with E-state index >= 15 is 0 Å². The number of hydrogen-bond acceptors (Lipinski definition) is 4. The van der Waals surface area contributed by atoms with Gasteiger partial charge in [-0.05, 0) is 45.7 Å². The van der Waals surface area contributed by atoms with Gasteiger partial charge >= 0.3 is 6.09 Å². The number of nitrogen functional groups attached to an aromatic ring is 1. The minimum atomic E-state index is -0.838. The van der Waals surface area contributed by atoms with Gasteiger partial charge in [0.25, 0.3) is 0 Å². The third-order valence-electron chi connectivity index (χ3n) is 3.89. The largest absolute Gasteiger partial charge is 0.465 e. The smallest absolute Gasteiger partial charge is 0.407 e. The predicted octanol–water partition coefficient (Wildman–Crippen LogP) is 2.41. The van der Waals surface area contributed by atoms with E-state index in [9.17, 15) is 9.90 Å². The van der Waals surface area contributed by atoms with Crippen LogP contribution in [0.3, 0.4) is 0 Å². The van der Waals surface area contributed by atoms with Crippen molar-refractivity contribution in [1.29, 1.82) is 0 Å². The van der Waals surface area contributed by atoms with Crippen molar-refractivity contribution in [2.45, 2.75) is 45.2 Å². The molecule has 1 aromatic rings. The Kier molecular flexibility index (Phi) is 4.25. The van der Waals surface area contributed by atoms with E-state index in [1.165, 1.54) is 0 Å². The SMILES string of the molecule is CC(C)(C)N(C(=O)O)C1CCN(c2ccc(N)nc2)CC1. The highest BCUT2D eigenvalue weighted by atomic mass is 16.4.